The highest BCUT2D eigenvalue weighted by atomic mass is 16.5. The molecule has 3 nitrogen and oxygen atoms in total. The Labute approximate surface area is 107 Å². The fourth-order valence-electron chi connectivity index (χ4n) is 2.05. The number of ether oxygens (including phenoxy) is 1. The topological polar surface area (TPSA) is 42.6 Å². The van der Waals surface area contributed by atoms with Crippen LogP contribution in [0.15, 0.2) is 47.1 Å². The van der Waals surface area contributed by atoms with Crippen molar-refractivity contribution < 1.29 is 14.3 Å². The molecule has 0 aliphatic rings. The Morgan fingerprint density at radius 2 is 2.11 bits per heavy atom. The molecule has 1 atom stereocenters. The number of hydrogen-bond donors (Lipinski definition) is 1. The summed E-state index contributed by atoms with van der Waals surface area (Å²) in [6.45, 7) is 2.07. The van der Waals surface area contributed by atoms with Crippen molar-refractivity contribution in [3.63, 3.8) is 0 Å². The predicted molar refractivity (Wildman–Crippen MR) is 69.8 cm³/mol. The number of aliphatic hydroxyl groups is 1. The quantitative estimate of drug-likeness (QED) is 0.882. The van der Waals surface area contributed by atoms with Crippen molar-refractivity contribution in [2.45, 2.75) is 18.8 Å². The fourth-order valence-corrected chi connectivity index (χ4v) is 2.05. The van der Waals surface area contributed by atoms with Crippen LogP contribution < -0.4 is 4.74 Å². The molecule has 1 unspecified atom stereocenters. The summed E-state index contributed by atoms with van der Waals surface area (Å²) in [5.74, 6) is 1.67. The second-order valence-electron chi connectivity index (χ2n) is 4.71. The lowest BCUT2D eigenvalue weighted by Gasteiger charge is -2.27. The predicted octanol–water partition coefficient (Wildman–Crippen LogP) is 2.78. The largest absolute Gasteiger partial charge is 0.497 e. The van der Waals surface area contributed by atoms with Gasteiger partial charge in [0.1, 0.15) is 11.5 Å². The normalized spacial score (nSPS) is 14.2. The highest BCUT2D eigenvalue weighted by Gasteiger charge is 2.27. The van der Waals surface area contributed by atoms with Crippen LogP contribution >= 0.6 is 0 Å². The first kappa shape index (κ1) is 12.7. The summed E-state index contributed by atoms with van der Waals surface area (Å²) in [6, 6.07) is 11.6. The molecule has 96 valence electrons. The Morgan fingerprint density at radius 3 is 2.72 bits per heavy atom. The van der Waals surface area contributed by atoms with Crippen molar-refractivity contribution in [2.24, 2.45) is 0 Å². The van der Waals surface area contributed by atoms with Gasteiger partial charge in [0.05, 0.1) is 20.0 Å². The van der Waals surface area contributed by atoms with E-state index in [-0.39, 0.29) is 12.0 Å². The Bertz CT molecular complexity index is 490. The van der Waals surface area contributed by atoms with E-state index in [0.29, 0.717) is 6.42 Å². The van der Waals surface area contributed by atoms with Crippen LogP contribution in [-0.4, -0.2) is 18.8 Å². The summed E-state index contributed by atoms with van der Waals surface area (Å²) in [5, 5.41) is 9.72. The summed E-state index contributed by atoms with van der Waals surface area (Å²) in [4.78, 5) is 0. The van der Waals surface area contributed by atoms with Crippen LogP contribution in [0.2, 0.25) is 0 Å². The van der Waals surface area contributed by atoms with E-state index in [1.54, 1.807) is 13.4 Å². The molecule has 18 heavy (non-hydrogen) atoms. The molecule has 2 aromatic rings. The summed E-state index contributed by atoms with van der Waals surface area (Å²) in [6.07, 6.45) is 2.31. The van der Waals surface area contributed by atoms with Crippen molar-refractivity contribution in [3.8, 4) is 5.75 Å². The zero-order valence-corrected chi connectivity index (χ0v) is 10.7. The minimum Gasteiger partial charge on any atom is -0.497 e. The second-order valence-corrected chi connectivity index (χ2v) is 4.71. The SMILES string of the molecule is COc1cccc(C(C)(CO)Cc2ccco2)c1. The fraction of sp³-hybridized carbons (Fsp3) is 0.333. The lowest BCUT2D eigenvalue weighted by atomic mass is 9.79. The van der Waals surface area contributed by atoms with Crippen LogP contribution in [0.25, 0.3) is 0 Å². The van der Waals surface area contributed by atoms with Crippen LogP contribution in [0.4, 0.5) is 0 Å². The maximum Gasteiger partial charge on any atom is 0.119 e. The third-order valence-corrected chi connectivity index (χ3v) is 3.26. The molecule has 0 fully saturated rings. The minimum absolute atomic E-state index is 0.0564. The molecule has 1 aromatic carbocycles. The van der Waals surface area contributed by atoms with Gasteiger partial charge in [-0.3, -0.25) is 0 Å². The van der Waals surface area contributed by atoms with E-state index in [1.165, 1.54) is 0 Å². The molecule has 0 aliphatic carbocycles. The van der Waals surface area contributed by atoms with Gasteiger partial charge in [0.25, 0.3) is 0 Å². The molecular weight excluding hydrogens is 228 g/mol. The van der Waals surface area contributed by atoms with Gasteiger partial charge < -0.3 is 14.3 Å². The highest BCUT2D eigenvalue weighted by Crippen LogP contribution is 2.30. The molecule has 0 amide bonds. The van der Waals surface area contributed by atoms with Crippen molar-refractivity contribution >= 4 is 0 Å². The van der Waals surface area contributed by atoms with Crippen LogP contribution in [0.1, 0.15) is 18.2 Å². The molecule has 0 spiro atoms. The maximum absolute atomic E-state index is 9.72. The Morgan fingerprint density at radius 1 is 1.28 bits per heavy atom. The molecule has 0 saturated carbocycles. The summed E-state index contributed by atoms with van der Waals surface area (Å²) < 4.78 is 10.6. The standard InChI is InChI=1S/C15H18O3/c1-15(11-16,10-14-7-4-8-18-14)12-5-3-6-13(9-12)17-2/h3-9,16H,10-11H2,1-2H3. The summed E-state index contributed by atoms with van der Waals surface area (Å²) in [7, 11) is 1.64. The van der Waals surface area contributed by atoms with E-state index in [0.717, 1.165) is 17.1 Å². The van der Waals surface area contributed by atoms with Gasteiger partial charge in [0.15, 0.2) is 0 Å². The summed E-state index contributed by atoms with van der Waals surface area (Å²) in [5.41, 5.74) is 0.674. The molecule has 0 radical (unpaired) electrons. The van der Waals surface area contributed by atoms with Gasteiger partial charge in [-0.05, 0) is 29.8 Å². The molecule has 0 saturated heterocycles. The highest BCUT2D eigenvalue weighted by molar-refractivity contribution is 5.34. The van der Waals surface area contributed by atoms with Gasteiger partial charge in [-0.2, -0.15) is 0 Å². The number of rotatable bonds is 5. The maximum atomic E-state index is 9.72. The van der Waals surface area contributed by atoms with E-state index in [1.807, 2.05) is 43.3 Å². The lowest BCUT2D eigenvalue weighted by molar-refractivity contribution is 0.198. The third-order valence-electron chi connectivity index (χ3n) is 3.26. The first-order valence-corrected chi connectivity index (χ1v) is 5.96. The molecular formula is C15H18O3. The van der Waals surface area contributed by atoms with Crippen LogP contribution in [0.3, 0.4) is 0 Å². The van der Waals surface area contributed by atoms with Crippen molar-refractivity contribution in [3.05, 3.63) is 54.0 Å². The van der Waals surface area contributed by atoms with E-state index < -0.39 is 0 Å². The zero-order valence-electron chi connectivity index (χ0n) is 10.7. The molecule has 0 bridgehead atoms. The van der Waals surface area contributed by atoms with Crippen LogP contribution in [-0.2, 0) is 11.8 Å². The van der Waals surface area contributed by atoms with E-state index in [9.17, 15) is 5.11 Å². The van der Waals surface area contributed by atoms with Gasteiger partial charge in [0.2, 0.25) is 0 Å². The van der Waals surface area contributed by atoms with Crippen LogP contribution in [0, 0.1) is 0 Å². The minimum atomic E-state index is -0.369. The smallest absolute Gasteiger partial charge is 0.119 e. The van der Waals surface area contributed by atoms with Gasteiger partial charge in [0, 0.05) is 11.8 Å². The van der Waals surface area contributed by atoms with Gasteiger partial charge in [-0.25, -0.2) is 0 Å². The number of benzene rings is 1. The molecule has 2 rings (SSSR count). The van der Waals surface area contributed by atoms with E-state index in [4.69, 9.17) is 9.15 Å². The van der Waals surface area contributed by atoms with E-state index >= 15 is 0 Å². The summed E-state index contributed by atoms with van der Waals surface area (Å²) >= 11 is 0. The number of methoxy groups -OCH3 is 1. The molecule has 0 aliphatic heterocycles. The number of furan rings is 1. The monoisotopic (exact) mass is 246 g/mol. The molecule has 1 aromatic heterocycles. The van der Waals surface area contributed by atoms with Crippen molar-refractivity contribution in [1.82, 2.24) is 0 Å². The molecule has 1 heterocycles. The van der Waals surface area contributed by atoms with Crippen molar-refractivity contribution in [1.29, 1.82) is 0 Å². The first-order valence-electron chi connectivity index (χ1n) is 5.96. The van der Waals surface area contributed by atoms with E-state index in [2.05, 4.69) is 0 Å². The Hall–Kier alpha value is -1.74. The zero-order chi connectivity index (χ0) is 13.0. The van der Waals surface area contributed by atoms with Gasteiger partial charge >= 0.3 is 0 Å². The number of aliphatic hydroxyl groups excluding tert-OH is 1. The molecule has 3 heteroatoms. The third kappa shape index (κ3) is 2.57. The molecule has 1 N–H and O–H groups in total. The second kappa shape index (κ2) is 5.27. The van der Waals surface area contributed by atoms with Crippen LogP contribution in [0.5, 0.6) is 5.75 Å². The number of hydrogen-bond acceptors (Lipinski definition) is 3. The van der Waals surface area contributed by atoms with Gasteiger partial charge in [-0.15, -0.1) is 0 Å². The first-order chi connectivity index (χ1) is 8.68. The Kier molecular flexibility index (Phi) is 3.72. The lowest BCUT2D eigenvalue weighted by Crippen LogP contribution is -2.29. The Balaban J connectivity index is 2.30. The average Bonchev–Trinajstić information content (AvgIpc) is 2.91. The van der Waals surface area contributed by atoms with Crippen molar-refractivity contribution in [2.75, 3.05) is 13.7 Å². The average molecular weight is 246 g/mol. The van der Waals surface area contributed by atoms with Gasteiger partial charge in [-0.1, -0.05) is 19.1 Å².